The molecule has 2 heterocycles. The molecule has 5 rings (SSSR count). The van der Waals surface area contributed by atoms with Crippen LogP contribution in [0.2, 0.25) is 0 Å². The van der Waals surface area contributed by atoms with Crippen molar-refractivity contribution in [1.82, 2.24) is 20.5 Å². The Kier molecular flexibility index (Phi) is 4.89. The van der Waals surface area contributed by atoms with Crippen molar-refractivity contribution in [3.8, 4) is 22.6 Å². The van der Waals surface area contributed by atoms with E-state index in [1.807, 2.05) is 54.6 Å². The molecule has 0 bridgehead atoms. The summed E-state index contributed by atoms with van der Waals surface area (Å²) in [5.74, 6) is 1.29. The van der Waals surface area contributed by atoms with Crippen LogP contribution in [-0.4, -0.2) is 27.1 Å². The Labute approximate surface area is 174 Å². The number of para-hydroxylation sites is 1. The number of amides is 1. The smallest absolute Gasteiger partial charge is 0.272 e. The van der Waals surface area contributed by atoms with Crippen molar-refractivity contribution in [1.29, 1.82) is 0 Å². The lowest BCUT2D eigenvalue weighted by Gasteiger charge is -2.10. The molecule has 0 atom stereocenters. The molecule has 30 heavy (non-hydrogen) atoms. The first-order valence-electron chi connectivity index (χ1n) is 10.2. The number of rotatable bonds is 5. The van der Waals surface area contributed by atoms with Gasteiger partial charge < -0.3 is 10.1 Å². The minimum absolute atomic E-state index is 0.121. The third kappa shape index (κ3) is 3.76. The Bertz CT molecular complexity index is 1180. The highest BCUT2D eigenvalue weighted by Gasteiger charge is 2.21. The fraction of sp³-hybridized carbons (Fsp3) is 0.208. The van der Waals surface area contributed by atoms with Crippen molar-refractivity contribution in [3.63, 3.8) is 0 Å². The zero-order valence-corrected chi connectivity index (χ0v) is 16.5. The Morgan fingerprint density at radius 2 is 1.80 bits per heavy atom. The van der Waals surface area contributed by atoms with Crippen molar-refractivity contribution in [2.75, 3.05) is 0 Å². The molecule has 2 aromatic carbocycles. The SMILES string of the molecule is O=C(NC1CCCC1)c1n[nH]c2ccc(-c3cncc(Oc4ccccc4)c3)cc12. The molecule has 0 aliphatic heterocycles. The van der Waals surface area contributed by atoms with Gasteiger partial charge in [0.2, 0.25) is 0 Å². The van der Waals surface area contributed by atoms with Crippen LogP contribution in [0.4, 0.5) is 0 Å². The zero-order valence-electron chi connectivity index (χ0n) is 16.5. The molecule has 0 unspecified atom stereocenters. The van der Waals surface area contributed by atoms with E-state index in [0.717, 1.165) is 40.6 Å². The van der Waals surface area contributed by atoms with Gasteiger partial charge in [0.25, 0.3) is 5.91 Å². The summed E-state index contributed by atoms with van der Waals surface area (Å²) in [5, 5.41) is 11.2. The van der Waals surface area contributed by atoms with E-state index in [9.17, 15) is 4.79 Å². The highest BCUT2D eigenvalue weighted by molar-refractivity contribution is 6.05. The first-order valence-corrected chi connectivity index (χ1v) is 10.2. The van der Waals surface area contributed by atoms with Gasteiger partial charge in [-0.05, 0) is 48.7 Å². The van der Waals surface area contributed by atoms with Gasteiger partial charge in [0.1, 0.15) is 11.5 Å². The standard InChI is InChI=1S/C24H22N4O2/c29-24(26-18-6-4-5-7-18)23-21-13-16(10-11-22(21)27-28-23)17-12-20(15-25-14-17)30-19-8-2-1-3-9-19/h1-3,8-15,18H,4-7H2,(H,26,29)(H,27,28). The van der Waals surface area contributed by atoms with Crippen LogP contribution < -0.4 is 10.1 Å². The van der Waals surface area contributed by atoms with Crippen LogP contribution in [0, 0.1) is 0 Å². The maximum absolute atomic E-state index is 12.8. The lowest BCUT2D eigenvalue weighted by molar-refractivity contribution is 0.0934. The third-order valence-electron chi connectivity index (χ3n) is 5.49. The predicted octanol–water partition coefficient (Wildman–Crippen LogP) is 5.09. The van der Waals surface area contributed by atoms with Gasteiger partial charge in [0.15, 0.2) is 5.69 Å². The normalized spacial score (nSPS) is 14.1. The molecule has 2 aromatic heterocycles. The predicted molar refractivity (Wildman–Crippen MR) is 116 cm³/mol. The van der Waals surface area contributed by atoms with Gasteiger partial charge in [-0.25, -0.2) is 0 Å². The number of fused-ring (bicyclic) bond motifs is 1. The summed E-state index contributed by atoms with van der Waals surface area (Å²) in [7, 11) is 0. The molecule has 150 valence electrons. The molecule has 1 amide bonds. The Morgan fingerprint density at radius 3 is 2.63 bits per heavy atom. The van der Waals surface area contributed by atoms with E-state index in [4.69, 9.17) is 4.74 Å². The van der Waals surface area contributed by atoms with E-state index in [-0.39, 0.29) is 11.9 Å². The molecular formula is C24H22N4O2. The van der Waals surface area contributed by atoms with Crippen LogP contribution >= 0.6 is 0 Å². The fourth-order valence-electron chi connectivity index (χ4n) is 3.95. The van der Waals surface area contributed by atoms with Crippen molar-refractivity contribution in [3.05, 3.63) is 72.7 Å². The van der Waals surface area contributed by atoms with E-state index in [1.165, 1.54) is 12.8 Å². The molecule has 1 saturated carbocycles. The Balaban J connectivity index is 1.43. The average Bonchev–Trinajstić information content (AvgIpc) is 3.44. The molecule has 0 saturated heterocycles. The number of carbonyl (C=O) groups is 1. The molecule has 1 aliphatic carbocycles. The highest BCUT2D eigenvalue weighted by atomic mass is 16.5. The summed E-state index contributed by atoms with van der Waals surface area (Å²) in [6, 6.07) is 17.7. The van der Waals surface area contributed by atoms with Crippen molar-refractivity contribution >= 4 is 16.8 Å². The molecule has 1 aliphatic rings. The van der Waals surface area contributed by atoms with E-state index in [0.29, 0.717) is 11.4 Å². The average molecular weight is 398 g/mol. The number of hydrogen-bond acceptors (Lipinski definition) is 4. The largest absolute Gasteiger partial charge is 0.456 e. The van der Waals surface area contributed by atoms with Gasteiger partial charge in [0, 0.05) is 23.2 Å². The lowest BCUT2D eigenvalue weighted by Crippen LogP contribution is -2.32. The van der Waals surface area contributed by atoms with Gasteiger partial charge >= 0.3 is 0 Å². The quantitative estimate of drug-likeness (QED) is 0.491. The molecule has 2 N–H and O–H groups in total. The third-order valence-corrected chi connectivity index (χ3v) is 5.49. The van der Waals surface area contributed by atoms with E-state index in [1.54, 1.807) is 12.4 Å². The number of nitrogens with zero attached hydrogens (tertiary/aromatic N) is 2. The Hall–Kier alpha value is -3.67. The number of carbonyl (C=O) groups excluding carboxylic acids is 1. The number of aromatic nitrogens is 3. The second-order valence-corrected chi connectivity index (χ2v) is 7.61. The first-order chi connectivity index (χ1) is 14.8. The van der Waals surface area contributed by atoms with Crippen molar-refractivity contribution in [2.24, 2.45) is 0 Å². The van der Waals surface area contributed by atoms with Crippen LogP contribution in [0.3, 0.4) is 0 Å². The van der Waals surface area contributed by atoms with Crippen molar-refractivity contribution < 1.29 is 9.53 Å². The Morgan fingerprint density at radius 1 is 0.967 bits per heavy atom. The summed E-state index contributed by atoms with van der Waals surface area (Å²) < 4.78 is 5.90. The summed E-state index contributed by atoms with van der Waals surface area (Å²) in [5.41, 5.74) is 3.13. The summed E-state index contributed by atoms with van der Waals surface area (Å²) >= 11 is 0. The minimum atomic E-state index is -0.121. The van der Waals surface area contributed by atoms with Crippen LogP contribution in [0.1, 0.15) is 36.2 Å². The second-order valence-electron chi connectivity index (χ2n) is 7.61. The van der Waals surface area contributed by atoms with E-state index in [2.05, 4.69) is 20.5 Å². The molecule has 6 nitrogen and oxygen atoms in total. The number of nitrogens with one attached hydrogen (secondary N) is 2. The number of pyridine rings is 1. The van der Waals surface area contributed by atoms with Gasteiger partial charge in [-0.2, -0.15) is 5.10 Å². The van der Waals surface area contributed by atoms with Crippen molar-refractivity contribution in [2.45, 2.75) is 31.7 Å². The highest BCUT2D eigenvalue weighted by Crippen LogP contribution is 2.29. The summed E-state index contributed by atoms with van der Waals surface area (Å²) in [4.78, 5) is 17.1. The molecule has 4 aromatic rings. The summed E-state index contributed by atoms with van der Waals surface area (Å²) in [6.45, 7) is 0. The van der Waals surface area contributed by atoms with E-state index < -0.39 is 0 Å². The zero-order chi connectivity index (χ0) is 20.3. The van der Waals surface area contributed by atoms with E-state index >= 15 is 0 Å². The van der Waals surface area contributed by atoms with Crippen LogP contribution in [0.5, 0.6) is 11.5 Å². The van der Waals surface area contributed by atoms with Crippen LogP contribution in [-0.2, 0) is 0 Å². The second kappa shape index (κ2) is 7.99. The van der Waals surface area contributed by atoms with Gasteiger partial charge in [0.05, 0.1) is 11.7 Å². The number of benzene rings is 2. The number of aromatic amines is 1. The van der Waals surface area contributed by atoms with Gasteiger partial charge in [-0.3, -0.25) is 14.9 Å². The number of hydrogen-bond donors (Lipinski definition) is 2. The molecule has 0 radical (unpaired) electrons. The maximum atomic E-state index is 12.8. The topological polar surface area (TPSA) is 79.9 Å². The lowest BCUT2D eigenvalue weighted by atomic mass is 10.0. The first kappa shape index (κ1) is 18.4. The van der Waals surface area contributed by atoms with Gasteiger partial charge in [-0.1, -0.05) is 37.1 Å². The summed E-state index contributed by atoms with van der Waals surface area (Å²) in [6.07, 6.45) is 7.90. The molecular weight excluding hydrogens is 376 g/mol. The van der Waals surface area contributed by atoms with Crippen LogP contribution in [0.25, 0.3) is 22.0 Å². The minimum Gasteiger partial charge on any atom is -0.456 e. The molecule has 1 fully saturated rings. The monoisotopic (exact) mass is 398 g/mol. The molecule has 0 spiro atoms. The fourth-order valence-corrected chi connectivity index (χ4v) is 3.95. The van der Waals surface area contributed by atoms with Gasteiger partial charge in [-0.15, -0.1) is 0 Å². The number of H-pyrrole nitrogens is 1. The maximum Gasteiger partial charge on any atom is 0.272 e. The van der Waals surface area contributed by atoms with Crippen LogP contribution in [0.15, 0.2) is 67.0 Å². The molecule has 6 heteroatoms. The number of ether oxygens (including phenoxy) is 1.